The number of aryl methyl sites for hydroxylation is 1. The zero-order valence-corrected chi connectivity index (χ0v) is 10.3. The summed E-state index contributed by atoms with van der Waals surface area (Å²) >= 11 is 5.88. The molecule has 0 N–H and O–H groups in total. The minimum atomic E-state index is -3.19. The van der Waals surface area contributed by atoms with E-state index < -0.39 is 10.0 Å². The third-order valence-electron chi connectivity index (χ3n) is 2.57. The van der Waals surface area contributed by atoms with Gasteiger partial charge in [-0.05, 0) is 30.2 Å². The Morgan fingerprint density at radius 1 is 1.50 bits per heavy atom. The molecule has 3 nitrogen and oxygen atoms in total. The van der Waals surface area contributed by atoms with Gasteiger partial charge >= 0.3 is 0 Å². The van der Waals surface area contributed by atoms with E-state index in [2.05, 4.69) is 6.58 Å². The van der Waals surface area contributed by atoms with Crippen LogP contribution in [0.25, 0.3) is 0 Å². The van der Waals surface area contributed by atoms with Crippen molar-refractivity contribution in [1.29, 1.82) is 0 Å². The van der Waals surface area contributed by atoms with Gasteiger partial charge in [-0.25, -0.2) is 8.42 Å². The highest BCUT2D eigenvalue weighted by molar-refractivity contribution is 7.92. The van der Waals surface area contributed by atoms with E-state index in [1.54, 1.807) is 18.2 Å². The highest BCUT2D eigenvalue weighted by atomic mass is 35.5. The van der Waals surface area contributed by atoms with Crippen LogP contribution in [0.3, 0.4) is 0 Å². The molecule has 86 valence electrons. The minimum absolute atomic E-state index is 0.133. The smallest absolute Gasteiger partial charge is 0.235 e. The molecule has 1 aliphatic heterocycles. The first-order chi connectivity index (χ1) is 7.54. The average Bonchev–Trinajstić information content (AvgIpc) is 2.23. The highest BCUT2D eigenvalue weighted by Crippen LogP contribution is 2.31. The first-order valence-electron chi connectivity index (χ1n) is 4.94. The van der Waals surface area contributed by atoms with E-state index in [1.807, 2.05) is 6.07 Å². The summed E-state index contributed by atoms with van der Waals surface area (Å²) in [5.41, 5.74) is 1.69. The van der Waals surface area contributed by atoms with Crippen molar-refractivity contribution in [3.05, 3.63) is 41.4 Å². The Morgan fingerprint density at radius 3 is 2.94 bits per heavy atom. The third-order valence-corrected chi connectivity index (χ3v) is 4.54. The molecule has 16 heavy (non-hydrogen) atoms. The molecule has 0 atom stereocenters. The van der Waals surface area contributed by atoms with Gasteiger partial charge in [-0.15, -0.1) is 6.58 Å². The summed E-state index contributed by atoms with van der Waals surface area (Å²) in [4.78, 5) is 0. The summed E-state index contributed by atoms with van der Waals surface area (Å²) in [6, 6.07) is 5.27. The van der Waals surface area contributed by atoms with Crippen LogP contribution in [0.1, 0.15) is 5.56 Å². The van der Waals surface area contributed by atoms with E-state index in [1.165, 1.54) is 4.31 Å². The van der Waals surface area contributed by atoms with Crippen LogP contribution in [0.5, 0.6) is 0 Å². The molecular weight excluding hydrogens is 246 g/mol. The summed E-state index contributed by atoms with van der Waals surface area (Å²) in [5.74, 6) is 0.133. The van der Waals surface area contributed by atoms with E-state index in [-0.39, 0.29) is 5.75 Å². The van der Waals surface area contributed by atoms with Crippen LogP contribution in [-0.2, 0) is 16.4 Å². The van der Waals surface area contributed by atoms with Crippen LogP contribution in [0, 0.1) is 0 Å². The van der Waals surface area contributed by atoms with Gasteiger partial charge < -0.3 is 0 Å². The number of sulfonamides is 1. The van der Waals surface area contributed by atoms with E-state index in [0.717, 1.165) is 11.3 Å². The Morgan fingerprint density at radius 2 is 2.25 bits per heavy atom. The molecular formula is C11H12ClNO2S. The van der Waals surface area contributed by atoms with Crippen molar-refractivity contribution in [2.45, 2.75) is 6.42 Å². The number of benzene rings is 1. The van der Waals surface area contributed by atoms with Gasteiger partial charge in [-0.2, -0.15) is 0 Å². The number of halogens is 1. The monoisotopic (exact) mass is 257 g/mol. The van der Waals surface area contributed by atoms with Crippen molar-refractivity contribution in [3.8, 4) is 0 Å². The quantitative estimate of drug-likeness (QED) is 0.762. The SMILES string of the molecule is C=CCN1c2ccc(Cl)cc2CCS1(=O)=O. The van der Waals surface area contributed by atoms with E-state index in [0.29, 0.717) is 18.0 Å². The Hall–Kier alpha value is -1.00. The Labute approximate surface area is 100 Å². The molecule has 0 spiro atoms. The fourth-order valence-corrected chi connectivity index (χ4v) is 3.53. The van der Waals surface area contributed by atoms with Crippen molar-refractivity contribution in [1.82, 2.24) is 0 Å². The largest absolute Gasteiger partial charge is 0.266 e. The first-order valence-corrected chi connectivity index (χ1v) is 6.93. The predicted molar refractivity (Wildman–Crippen MR) is 66.5 cm³/mol. The lowest BCUT2D eigenvalue weighted by Gasteiger charge is -2.29. The van der Waals surface area contributed by atoms with Gasteiger partial charge in [-0.1, -0.05) is 17.7 Å². The molecule has 2 rings (SSSR count). The van der Waals surface area contributed by atoms with Crippen LogP contribution in [-0.4, -0.2) is 20.7 Å². The molecule has 5 heteroatoms. The van der Waals surface area contributed by atoms with E-state index in [9.17, 15) is 8.42 Å². The maximum absolute atomic E-state index is 11.9. The van der Waals surface area contributed by atoms with Crippen LogP contribution in [0.4, 0.5) is 5.69 Å². The first kappa shape index (κ1) is 11.5. The number of anilines is 1. The standard InChI is InChI=1S/C11H12ClNO2S/c1-2-6-13-11-4-3-10(12)8-9(11)5-7-16(13,14)15/h2-4,8H,1,5-7H2. The normalized spacial score (nSPS) is 17.9. The Balaban J connectivity index is 2.54. The Kier molecular flexibility index (Phi) is 2.95. The van der Waals surface area contributed by atoms with Crippen molar-refractivity contribution in [2.24, 2.45) is 0 Å². The summed E-state index contributed by atoms with van der Waals surface area (Å²) < 4.78 is 25.1. The molecule has 0 unspecified atom stereocenters. The van der Waals surface area contributed by atoms with Crippen molar-refractivity contribution >= 4 is 27.3 Å². The van der Waals surface area contributed by atoms with Crippen LogP contribution in [0.2, 0.25) is 5.02 Å². The van der Waals surface area contributed by atoms with Gasteiger partial charge in [0.05, 0.1) is 18.0 Å². The zero-order valence-electron chi connectivity index (χ0n) is 8.69. The second kappa shape index (κ2) is 4.11. The maximum atomic E-state index is 11.9. The second-order valence-corrected chi connectivity index (χ2v) is 6.11. The molecule has 0 aliphatic carbocycles. The molecule has 0 saturated carbocycles. The molecule has 0 saturated heterocycles. The lowest BCUT2D eigenvalue weighted by atomic mass is 10.1. The number of rotatable bonds is 2. The Bertz CT molecular complexity index is 525. The van der Waals surface area contributed by atoms with Gasteiger partial charge in [0.1, 0.15) is 0 Å². The summed E-state index contributed by atoms with van der Waals surface area (Å²) in [7, 11) is -3.19. The maximum Gasteiger partial charge on any atom is 0.235 e. The van der Waals surface area contributed by atoms with E-state index in [4.69, 9.17) is 11.6 Å². The molecule has 1 aliphatic rings. The number of nitrogens with zero attached hydrogens (tertiary/aromatic N) is 1. The fourth-order valence-electron chi connectivity index (χ4n) is 1.83. The number of hydrogen-bond donors (Lipinski definition) is 0. The lowest BCUT2D eigenvalue weighted by Crippen LogP contribution is -2.37. The van der Waals surface area contributed by atoms with Gasteiger partial charge in [0, 0.05) is 5.02 Å². The molecule has 0 fully saturated rings. The number of hydrogen-bond acceptors (Lipinski definition) is 2. The van der Waals surface area contributed by atoms with Crippen LogP contribution >= 0.6 is 11.6 Å². The molecule has 0 bridgehead atoms. The topological polar surface area (TPSA) is 37.4 Å². The fraction of sp³-hybridized carbons (Fsp3) is 0.273. The van der Waals surface area contributed by atoms with Gasteiger partial charge in [0.15, 0.2) is 0 Å². The average molecular weight is 258 g/mol. The molecule has 1 aromatic carbocycles. The predicted octanol–water partition coefficient (Wildman–Crippen LogP) is 2.22. The van der Waals surface area contributed by atoms with Crippen LogP contribution in [0.15, 0.2) is 30.9 Å². The van der Waals surface area contributed by atoms with Gasteiger partial charge in [-0.3, -0.25) is 4.31 Å². The third kappa shape index (κ3) is 1.95. The molecule has 0 amide bonds. The second-order valence-electron chi connectivity index (χ2n) is 3.66. The zero-order chi connectivity index (χ0) is 11.8. The van der Waals surface area contributed by atoms with Crippen LogP contribution < -0.4 is 4.31 Å². The van der Waals surface area contributed by atoms with Gasteiger partial charge in [0.25, 0.3) is 0 Å². The van der Waals surface area contributed by atoms with Gasteiger partial charge in [0.2, 0.25) is 10.0 Å². The lowest BCUT2D eigenvalue weighted by molar-refractivity contribution is 0.589. The van der Waals surface area contributed by atoms with E-state index >= 15 is 0 Å². The summed E-state index contributed by atoms with van der Waals surface area (Å²) in [5, 5.41) is 0.636. The molecule has 1 heterocycles. The highest BCUT2D eigenvalue weighted by Gasteiger charge is 2.28. The molecule has 0 aromatic heterocycles. The molecule has 1 aromatic rings. The van der Waals surface area contributed by atoms with Crippen molar-refractivity contribution in [3.63, 3.8) is 0 Å². The molecule has 0 radical (unpaired) electrons. The summed E-state index contributed by atoms with van der Waals surface area (Å²) in [6.45, 7) is 3.88. The van der Waals surface area contributed by atoms with Crippen molar-refractivity contribution < 1.29 is 8.42 Å². The van der Waals surface area contributed by atoms with Crippen molar-refractivity contribution in [2.75, 3.05) is 16.6 Å². The minimum Gasteiger partial charge on any atom is -0.266 e. The summed E-state index contributed by atoms with van der Waals surface area (Å²) in [6.07, 6.45) is 2.10. The number of fused-ring (bicyclic) bond motifs is 1.